The van der Waals surface area contributed by atoms with Crippen LogP contribution in [0.15, 0.2) is 47.4 Å². The Kier molecular flexibility index (Phi) is 6.95. The Hall–Kier alpha value is -2.35. The number of thioether (sulfide) groups is 1. The molecule has 1 fully saturated rings. The number of hydrogen-bond acceptors (Lipinski definition) is 5. The molecule has 152 valence electrons. The second kappa shape index (κ2) is 9.43. The van der Waals surface area contributed by atoms with E-state index in [1.807, 2.05) is 31.2 Å². The van der Waals surface area contributed by atoms with Crippen LogP contribution in [0.4, 0.5) is 11.4 Å². The highest BCUT2D eigenvalue weighted by molar-refractivity contribution is 8.27. The first-order valence-corrected chi connectivity index (χ1v) is 10.9. The number of nitrogens with zero attached hydrogens (tertiary/aromatic N) is 1. The summed E-state index contributed by atoms with van der Waals surface area (Å²) in [4.78, 5) is 16.4. The number of ether oxygens (including phenoxy) is 1. The van der Waals surface area contributed by atoms with Crippen LogP contribution in [0, 0.1) is 0 Å². The van der Waals surface area contributed by atoms with Crippen molar-refractivity contribution in [2.45, 2.75) is 20.8 Å². The molecule has 0 unspecified atom stereocenters. The van der Waals surface area contributed by atoms with Crippen molar-refractivity contribution < 1.29 is 19.5 Å². The molecule has 2 aromatic rings. The number of rotatable bonds is 7. The van der Waals surface area contributed by atoms with Crippen molar-refractivity contribution in [3.63, 3.8) is 0 Å². The maximum atomic E-state index is 13.0. The SMILES string of the molecule is CCOc1cc(C=C2SC(=S)N(c3ccc([NH+](CC)CC)cc3)C2=O)ccc1[O-]. The molecule has 0 saturated carbocycles. The lowest BCUT2D eigenvalue weighted by Gasteiger charge is -2.18. The number of nitrogens with one attached hydrogen (secondary N) is 1. The standard InChI is InChI=1S/C22H24N2O3S2/c1-4-23(5-2)16-8-10-17(11-9-16)24-21(26)20(29-22(24)28)14-15-7-12-18(25)19(13-15)27-6-3/h7-14,25H,4-6H2,1-3H3. The van der Waals surface area contributed by atoms with Crippen LogP contribution in [0.2, 0.25) is 0 Å². The Morgan fingerprint density at radius 3 is 2.45 bits per heavy atom. The van der Waals surface area contributed by atoms with Crippen LogP contribution in [0.3, 0.4) is 0 Å². The molecule has 2 aromatic carbocycles. The lowest BCUT2D eigenvalue weighted by Crippen LogP contribution is -3.06. The fourth-order valence-corrected chi connectivity index (χ4v) is 4.53. The number of hydrogen-bond donors (Lipinski definition) is 1. The zero-order valence-electron chi connectivity index (χ0n) is 16.7. The second-order valence-electron chi connectivity index (χ2n) is 6.51. The van der Waals surface area contributed by atoms with Gasteiger partial charge in [0.05, 0.1) is 30.3 Å². The van der Waals surface area contributed by atoms with Crippen LogP contribution in [0.1, 0.15) is 26.3 Å². The van der Waals surface area contributed by atoms with Crippen LogP contribution in [0.5, 0.6) is 11.5 Å². The molecular formula is C22H24N2O3S2. The van der Waals surface area contributed by atoms with Gasteiger partial charge in [0.15, 0.2) is 4.32 Å². The first-order chi connectivity index (χ1) is 14.0. The Morgan fingerprint density at radius 2 is 1.83 bits per heavy atom. The lowest BCUT2D eigenvalue weighted by molar-refractivity contribution is -0.828. The van der Waals surface area contributed by atoms with Crippen molar-refractivity contribution in [3.8, 4) is 11.5 Å². The highest BCUT2D eigenvalue weighted by Crippen LogP contribution is 2.37. The summed E-state index contributed by atoms with van der Waals surface area (Å²) in [6.07, 6.45) is 1.75. The lowest BCUT2D eigenvalue weighted by atomic mass is 10.2. The van der Waals surface area contributed by atoms with E-state index in [2.05, 4.69) is 13.8 Å². The molecule has 29 heavy (non-hydrogen) atoms. The number of quaternary nitrogens is 1. The third kappa shape index (κ3) is 4.63. The molecule has 7 heteroatoms. The molecule has 5 nitrogen and oxygen atoms in total. The van der Waals surface area contributed by atoms with Gasteiger partial charge in [-0.1, -0.05) is 41.9 Å². The maximum Gasteiger partial charge on any atom is 0.270 e. The summed E-state index contributed by atoms with van der Waals surface area (Å²) >= 11 is 6.72. The minimum Gasteiger partial charge on any atom is -0.870 e. The summed E-state index contributed by atoms with van der Waals surface area (Å²) in [5, 5.41) is 11.8. The number of benzene rings is 2. The average Bonchev–Trinajstić information content (AvgIpc) is 2.99. The van der Waals surface area contributed by atoms with E-state index >= 15 is 0 Å². The molecule has 0 radical (unpaired) electrons. The molecule has 1 saturated heterocycles. The minimum absolute atomic E-state index is 0.160. The third-order valence-electron chi connectivity index (χ3n) is 4.75. The van der Waals surface area contributed by atoms with E-state index < -0.39 is 0 Å². The van der Waals surface area contributed by atoms with Gasteiger partial charge in [0.25, 0.3) is 5.91 Å². The zero-order chi connectivity index (χ0) is 21.0. The fourth-order valence-electron chi connectivity index (χ4n) is 3.23. The molecule has 0 spiro atoms. The van der Waals surface area contributed by atoms with Crippen molar-refractivity contribution in [3.05, 3.63) is 52.9 Å². The predicted octanol–water partition coefficient (Wildman–Crippen LogP) is 3.12. The highest BCUT2D eigenvalue weighted by Gasteiger charge is 2.33. The minimum atomic E-state index is -0.174. The molecular weight excluding hydrogens is 404 g/mol. The smallest absolute Gasteiger partial charge is 0.270 e. The molecule has 3 rings (SSSR count). The fraction of sp³-hybridized carbons (Fsp3) is 0.273. The van der Waals surface area contributed by atoms with Crippen LogP contribution in [-0.2, 0) is 4.79 Å². The highest BCUT2D eigenvalue weighted by atomic mass is 32.2. The van der Waals surface area contributed by atoms with E-state index in [0.29, 0.717) is 15.8 Å². The summed E-state index contributed by atoms with van der Waals surface area (Å²) < 4.78 is 5.85. The first-order valence-electron chi connectivity index (χ1n) is 9.65. The zero-order valence-corrected chi connectivity index (χ0v) is 18.4. The van der Waals surface area contributed by atoms with Crippen LogP contribution < -0.4 is 19.6 Å². The Labute approximate surface area is 181 Å². The average molecular weight is 429 g/mol. The van der Waals surface area contributed by atoms with Gasteiger partial charge in [0.1, 0.15) is 11.4 Å². The molecule has 0 aliphatic carbocycles. The van der Waals surface area contributed by atoms with Gasteiger partial charge in [-0.25, -0.2) is 0 Å². The summed E-state index contributed by atoms with van der Waals surface area (Å²) in [7, 11) is 0. The molecule has 1 aliphatic heterocycles. The molecule has 0 bridgehead atoms. The first kappa shape index (κ1) is 21.4. The molecule has 1 amide bonds. The Bertz CT molecular complexity index is 938. The quantitative estimate of drug-likeness (QED) is 0.542. The second-order valence-corrected chi connectivity index (χ2v) is 8.19. The van der Waals surface area contributed by atoms with E-state index in [9.17, 15) is 9.90 Å². The molecule has 1 aliphatic rings. The normalized spacial score (nSPS) is 15.6. The van der Waals surface area contributed by atoms with Gasteiger partial charge in [0, 0.05) is 12.1 Å². The van der Waals surface area contributed by atoms with E-state index in [-0.39, 0.29) is 17.4 Å². The summed E-state index contributed by atoms with van der Waals surface area (Å²) in [5.74, 6) is -0.0507. The number of amides is 1. The van der Waals surface area contributed by atoms with Gasteiger partial charge >= 0.3 is 0 Å². The van der Waals surface area contributed by atoms with Crippen molar-refractivity contribution >= 4 is 51.7 Å². The van der Waals surface area contributed by atoms with Gasteiger partial charge in [-0.3, -0.25) is 9.69 Å². The number of anilines is 1. The Balaban J connectivity index is 1.84. The topological polar surface area (TPSA) is 57.0 Å². The Morgan fingerprint density at radius 1 is 1.14 bits per heavy atom. The summed E-state index contributed by atoms with van der Waals surface area (Å²) in [5.41, 5.74) is 2.69. The number of thiocarbonyl (C=S) groups is 1. The van der Waals surface area contributed by atoms with Gasteiger partial charge in [-0.05, 0) is 50.6 Å². The molecule has 0 aromatic heterocycles. The van der Waals surface area contributed by atoms with Gasteiger partial charge in [-0.2, -0.15) is 0 Å². The van der Waals surface area contributed by atoms with E-state index in [1.54, 1.807) is 23.1 Å². The van der Waals surface area contributed by atoms with Crippen molar-refractivity contribution in [2.75, 3.05) is 24.6 Å². The van der Waals surface area contributed by atoms with E-state index in [0.717, 1.165) is 24.3 Å². The van der Waals surface area contributed by atoms with Crippen molar-refractivity contribution in [1.82, 2.24) is 0 Å². The van der Waals surface area contributed by atoms with E-state index in [4.69, 9.17) is 17.0 Å². The summed E-state index contributed by atoms with van der Waals surface area (Å²) in [6, 6.07) is 12.7. The number of carbonyl (C=O) groups excluding carboxylic acids is 1. The third-order valence-corrected chi connectivity index (χ3v) is 6.05. The summed E-state index contributed by atoms with van der Waals surface area (Å²) in [6.45, 7) is 8.54. The predicted molar refractivity (Wildman–Crippen MR) is 121 cm³/mol. The maximum absolute atomic E-state index is 13.0. The van der Waals surface area contributed by atoms with E-state index in [1.165, 1.54) is 28.4 Å². The largest absolute Gasteiger partial charge is 0.870 e. The van der Waals surface area contributed by atoms with Gasteiger partial charge < -0.3 is 14.7 Å². The van der Waals surface area contributed by atoms with Crippen LogP contribution in [0.25, 0.3) is 6.08 Å². The molecule has 0 atom stereocenters. The number of carbonyl (C=O) groups is 1. The van der Waals surface area contributed by atoms with Crippen LogP contribution >= 0.6 is 24.0 Å². The van der Waals surface area contributed by atoms with Crippen molar-refractivity contribution in [2.24, 2.45) is 0 Å². The molecule has 1 heterocycles. The van der Waals surface area contributed by atoms with Crippen molar-refractivity contribution in [1.29, 1.82) is 0 Å². The monoisotopic (exact) mass is 428 g/mol. The van der Waals surface area contributed by atoms with Crippen LogP contribution in [-0.4, -0.2) is 29.9 Å². The molecule has 1 N–H and O–H groups in total. The van der Waals surface area contributed by atoms with Gasteiger partial charge in [0.2, 0.25) is 0 Å². The van der Waals surface area contributed by atoms with Gasteiger partial charge in [-0.15, -0.1) is 0 Å².